The molecule has 2 N–H and O–H groups in total. The van der Waals surface area contributed by atoms with Crippen molar-refractivity contribution in [1.82, 2.24) is 49.9 Å². The van der Waals surface area contributed by atoms with E-state index < -0.39 is 50.8 Å². The molecule has 10 rings (SSSR count). The number of aromatic nitrogens is 8. The highest BCUT2D eigenvalue weighted by atomic mass is 79.9. The molecule has 73 heavy (non-hydrogen) atoms. The van der Waals surface area contributed by atoms with Gasteiger partial charge in [-0.15, -0.1) is 4.63 Å². The first-order valence-corrected chi connectivity index (χ1v) is 24.6. The lowest BCUT2D eigenvalue weighted by atomic mass is 9.98. The van der Waals surface area contributed by atoms with E-state index in [1.165, 1.54) is 34.9 Å². The molecule has 4 atom stereocenters. The number of fused-ring (bicyclic) bond motifs is 2. The number of rotatable bonds is 7. The summed E-state index contributed by atoms with van der Waals surface area (Å²) in [5.41, 5.74) is 6.02. The van der Waals surface area contributed by atoms with Gasteiger partial charge in [-0.1, -0.05) is 15.5 Å². The van der Waals surface area contributed by atoms with Crippen LogP contribution < -0.4 is 17.2 Å². The van der Waals surface area contributed by atoms with E-state index in [1.54, 1.807) is 4.90 Å². The van der Waals surface area contributed by atoms with Crippen molar-refractivity contribution in [2.24, 2.45) is 35.3 Å². The normalized spacial score (nSPS) is 21.2. The highest BCUT2D eigenvalue weighted by molar-refractivity contribution is 9.10. The standard InChI is InChI=1S/C23H25BrFN5O5.C12H22N2O2.C10H3BrFN5O5/c1-23(2,3)33-21(31)29-10-13-6-12(7-14(13)11-29)8-18-19(27-35-26-18)20-28-34-22(32)30(20)15-4-5-17(25)16(24)9-15;1-12(2,3)16-11(15)14-6-8-4-10(13)5-9(8)7-14;11-5-3-4(1-2-6(5)12)16-8(14-21-10(16)18)7-9(17(19)20)15-22-13-7/h4-5,9,12-14H,6-8,10-11H2,1-3H3;8-10H,4-7,13H2,1-3H3;1-3H. The molecule has 0 radical (unpaired) electrons. The van der Waals surface area contributed by atoms with E-state index in [-0.39, 0.29) is 38.5 Å². The fraction of sp³-hybridized carbons (Fsp3) is 0.511. The second-order valence-electron chi connectivity index (χ2n) is 20.2. The summed E-state index contributed by atoms with van der Waals surface area (Å²) in [5, 5.41) is 32.7. The maximum Gasteiger partial charge on any atom is 0.446 e. The van der Waals surface area contributed by atoms with E-state index >= 15 is 0 Å². The first-order valence-electron chi connectivity index (χ1n) is 23.0. The van der Waals surface area contributed by atoms with Crippen LogP contribution in [0.3, 0.4) is 0 Å². The van der Waals surface area contributed by atoms with Gasteiger partial charge in [-0.25, -0.2) is 41.7 Å². The summed E-state index contributed by atoms with van der Waals surface area (Å²) in [6, 6.07) is 8.12. The molecule has 2 aliphatic carbocycles. The quantitative estimate of drug-likeness (QED) is 0.119. The number of nitro groups is 1. The van der Waals surface area contributed by atoms with Crippen LogP contribution in [0.15, 0.2) is 73.2 Å². The maximum atomic E-state index is 13.7. The number of halogens is 4. The Hall–Kier alpha value is -6.68. The number of nitrogens with two attached hydrogens (primary N) is 1. The molecule has 4 aromatic heterocycles. The minimum absolute atomic E-state index is 0.0804. The van der Waals surface area contributed by atoms with Crippen LogP contribution in [0.5, 0.6) is 0 Å². The average molecular weight is 1150 g/mol. The van der Waals surface area contributed by atoms with E-state index in [4.69, 9.17) is 24.4 Å². The van der Waals surface area contributed by atoms with E-state index in [0.29, 0.717) is 72.2 Å². The van der Waals surface area contributed by atoms with Crippen molar-refractivity contribution in [1.29, 1.82) is 0 Å². The Bertz CT molecular complexity index is 3090. The SMILES string of the molecule is CC(C)(C)OC(=O)N1CC2CC(Cc3nonc3-c3noc(=O)n3-c3ccc(F)c(Br)c3)CC2C1.CC(C)(C)OC(=O)N1CC2CC(N)CC2C1.O=c1onc(-c2nonc2[N+](=O)[O-])n1-c1ccc(F)c(Br)c1. The number of carbonyl (C=O) groups excluding carboxylic acids is 2. The van der Waals surface area contributed by atoms with Gasteiger partial charge in [-0.3, -0.25) is 9.05 Å². The summed E-state index contributed by atoms with van der Waals surface area (Å²) in [5.74, 6) is -1.25. The molecule has 4 fully saturated rings. The second kappa shape index (κ2) is 21.0. The number of nitrogens with zero attached hydrogens (tertiary/aromatic N) is 11. The van der Waals surface area contributed by atoms with Crippen LogP contribution in [0.1, 0.15) is 72.9 Å². The van der Waals surface area contributed by atoms with Crippen molar-refractivity contribution >= 4 is 49.9 Å². The van der Waals surface area contributed by atoms with Gasteiger partial charge < -0.3 is 35.1 Å². The summed E-state index contributed by atoms with van der Waals surface area (Å²) in [4.78, 5) is 62.1. The number of benzene rings is 2. The van der Waals surface area contributed by atoms with Crippen LogP contribution in [0.2, 0.25) is 0 Å². The lowest BCUT2D eigenvalue weighted by molar-refractivity contribution is -0.390. The van der Waals surface area contributed by atoms with E-state index in [0.717, 1.165) is 49.4 Å². The topological polar surface area (TPSA) is 302 Å². The molecule has 4 unspecified atom stereocenters. The monoisotopic (exact) mass is 1150 g/mol. The van der Waals surface area contributed by atoms with Crippen molar-refractivity contribution in [2.45, 2.75) is 90.9 Å². The molecule has 4 aliphatic rings. The van der Waals surface area contributed by atoms with Gasteiger partial charge in [0.1, 0.15) is 28.5 Å². The fourth-order valence-corrected chi connectivity index (χ4v) is 10.4. The third-order valence-electron chi connectivity index (χ3n) is 12.6. The van der Waals surface area contributed by atoms with Crippen molar-refractivity contribution < 1.29 is 51.1 Å². The molecule has 2 aromatic carbocycles. The highest BCUT2D eigenvalue weighted by Crippen LogP contribution is 2.44. The van der Waals surface area contributed by atoms with Crippen LogP contribution in [0.4, 0.5) is 24.2 Å². The Morgan fingerprint density at radius 1 is 0.699 bits per heavy atom. The van der Waals surface area contributed by atoms with Gasteiger partial charge in [-0.2, -0.15) is 0 Å². The minimum atomic E-state index is -0.939. The number of amides is 2. The summed E-state index contributed by atoms with van der Waals surface area (Å²) in [6.07, 6.45) is 4.15. The molecule has 2 amide bonds. The maximum absolute atomic E-state index is 13.7. The van der Waals surface area contributed by atoms with Gasteiger partial charge in [0, 0.05) is 32.2 Å². The third kappa shape index (κ3) is 12.1. The molecule has 2 saturated heterocycles. The molecule has 2 aliphatic heterocycles. The zero-order chi connectivity index (χ0) is 52.7. The predicted octanol–water partition coefficient (Wildman–Crippen LogP) is 7.49. The Morgan fingerprint density at radius 2 is 1.12 bits per heavy atom. The number of carbonyl (C=O) groups is 2. The van der Waals surface area contributed by atoms with Gasteiger partial charge in [-0.05, 0) is 187 Å². The molecule has 6 heterocycles. The molecule has 0 bridgehead atoms. The van der Waals surface area contributed by atoms with Crippen molar-refractivity contribution in [3.63, 3.8) is 0 Å². The lowest BCUT2D eigenvalue weighted by Crippen LogP contribution is -2.36. The summed E-state index contributed by atoms with van der Waals surface area (Å²) in [7, 11) is 0. The largest absolute Gasteiger partial charge is 0.446 e. The molecular weight excluding hydrogens is 1100 g/mol. The fourth-order valence-electron chi connectivity index (χ4n) is 9.62. The van der Waals surface area contributed by atoms with E-state index in [2.05, 4.69) is 72.0 Å². The van der Waals surface area contributed by atoms with Crippen LogP contribution in [-0.4, -0.2) is 110 Å². The smallest absolute Gasteiger partial charge is 0.444 e. The molecule has 2 saturated carbocycles. The van der Waals surface area contributed by atoms with E-state index in [1.807, 2.05) is 46.4 Å². The number of hydrogen-bond donors (Lipinski definition) is 1. The Labute approximate surface area is 429 Å². The van der Waals surface area contributed by atoms with E-state index in [9.17, 15) is 38.1 Å². The van der Waals surface area contributed by atoms with Crippen molar-refractivity contribution in [3.05, 3.63) is 93.9 Å². The Balaban J connectivity index is 0.000000160. The minimum Gasteiger partial charge on any atom is -0.444 e. The molecular formula is C45H50Br2F2N12O12. The van der Waals surface area contributed by atoms with Crippen LogP contribution >= 0.6 is 31.9 Å². The average Bonchev–Trinajstić information content (AvgIpc) is 4.16. The zero-order valence-corrected chi connectivity index (χ0v) is 43.4. The second-order valence-corrected chi connectivity index (χ2v) is 22.0. The number of ether oxygens (including phenoxy) is 2. The highest BCUT2D eigenvalue weighted by Gasteiger charge is 2.45. The third-order valence-corrected chi connectivity index (χ3v) is 13.8. The molecule has 0 spiro atoms. The van der Waals surface area contributed by atoms with Crippen LogP contribution in [0.25, 0.3) is 34.4 Å². The van der Waals surface area contributed by atoms with Crippen molar-refractivity contribution in [2.75, 3.05) is 26.2 Å². The van der Waals surface area contributed by atoms with Gasteiger partial charge in [0.05, 0.1) is 20.3 Å². The van der Waals surface area contributed by atoms with Crippen molar-refractivity contribution in [3.8, 4) is 34.4 Å². The Kier molecular flexibility index (Phi) is 15.2. The number of hydrogen-bond acceptors (Lipinski definition) is 19. The summed E-state index contributed by atoms with van der Waals surface area (Å²) >= 11 is 6.10. The molecule has 28 heteroatoms. The predicted molar refractivity (Wildman–Crippen MR) is 256 cm³/mol. The molecule has 390 valence electrons. The molecule has 6 aromatic rings. The van der Waals surface area contributed by atoms with Gasteiger partial charge in [0.15, 0.2) is 10.9 Å². The Morgan fingerprint density at radius 3 is 1.56 bits per heavy atom. The first-order chi connectivity index (χ1) is 34.4. The van der Waals surface area contributed by atoms with Gasteiger partial charge in [0.25, 0.3) is 5.69 Å². The number of likely N-dealkylation sites (tertiary alicyclic amines) is 2. The van der Waals surface area contributed by atoms with Gasteiger partial charge in [0.2, 0.25) is 11.6 Å². The molecule has 24 nitrogen and oxygen atoms in total. The van der Waals surface area contributed by atoms with Crippen LogP contribution in [0, 0.1) is 51.3 Å². The summed E-state index contributed by atoms with van der Waals surface area (Å²) in [6.45, 7) is 14.3. The first kappa shape index (κ1) is 52.6. The summed E-state index contributed by atoms with van der Waals surface area (Å²) < 4.78 is 58.9. The zero-order valence-electron chi connectivity index (χ0n) is 40.2. The lowest BCUT2D eigenvalue weighted by Gasteiger charge is -2.25. The van der Waals surface area contributed by atoms with Gasteiger partial charge >= 0.3 is 29.5 Å². The van der Waals surface area contributed by atoms with Crippen LogP contribution in [-0.2, 0) is 15.9 Å².